The first kappa shape index (κ1) is 10.4. The molecule has 4 heteroatoms. The first-order chi connectivity index (χ1) is 7.20. The second-order valence-corrected chi connectivity index (χ2v) is 4.19. The fourth-order valence-corrected chi connectivity index (χ4v) is 1.72. The molecule has 1 heterocycles. The summed E-state index contributed by atoms with van der Waals surface area (Å²) in [6.07, 6.45) is 0.760. The smallest absolute Gasteiger partial charge is 0.248 e. The Morgan fingerprint density at radius 3 is 2.80 bits per heavy atom. The van der Waals surface area contributed by atoms with Gasteiger partial charge in [0.2, 0.25) is 11.8 Å². The molecule has 0 atom stereocenters. The highest BCUT2D eigenvalue weighted by Crippen LogP contribution is 2.28. The number of benzene rings is 1. The fourth-order valence-electron chi connectivity index (χ4n) is 1.31. The van der Waals surface area contributed by atoms with Crippen LogP contribution in [0, 0.1) is 6.92 Å². The molecule has 0 N–H and O–H groups in total. The van der Waals surface area contributed by atoms with Crippen molar-refractivity contribution in [1.29, 1.82) is 0 Å². The van der Waals surface area contributed by atoms with Crippen LogP contribution in [0.5, 0.6) is 0 Å². The van der Waals surface area contributed by atoms with Crippen molar-refractivity contribution in [1.82, 2.24) is 10.2 Å². The van der Waals surface area contributed by atoms with Crippen LogP contribution in [0.1, 0.15) is 18.4 Å². The van der Waals surface area contributed by atoms with Gasteiger partial charge in [0.05, 0.1) is 5.56 Å². The van der Waals surface area contributed by atoms with Gasteiger partial charge in [0.1, 0.15) is 0 Å². The molecular formula is C11H11BrN2O. The molecular weight excluding hydrogens is 256 g/mol. The van der Waals surface area contributed by atoms with Crippen LogP contribution in [0.25, 0.3) is 11.5 Å². The molecule has 0 amide bonds. The first-order valence-electron chi connectivity index (χ1n) is 4.79. The second-order valence-electron chi connectivity index (χ2n) is 3.34. The number of aryl methyl sites for hydroxylation is 2. The van der Waals surface area contributed by atoms with Gasteiger partial charge in [0.15, 0.2) is 0 Å². The minimum atomic E-state index is 0.572. The standard InChI is InChI=1S/C11H11BrN2O/c1-3-10-13-14-11(15-10)8-6-7(2)4-5-9(8)12/h4-6H,3H2,1-2H3. The molecule has 2 aromatic rings. The third-order valence-electron chi connectivity index (χ3n) is 2.12. The number of halogens is 1. The highest BCUT2D eigenvalue weighted by atomic mass is 79.9. The van der Waals surface area contributed by atoms with Crippen molar-refractivity contribution in [2.24, 2.45) is 0 Å². The fraction of sp³-hybridized carbons (Fsp3) is 0.273. The van der Waals surface area contributed by atoms with Crippen LogP contribution >= 0.6 is 15.9 Å². The zero-order chi connectivity index (χ0) is 10.8. The highest BCUT2D eigenvalue weighted by molar-refractivity contribution is 9.10. The van der Waals surface area contributed by atoms with Gasteiger partial charge < -0.3 is 4.42 Å². The van der Waals surface area contributed by atoms with Crippen LogP contribution in [0.3, 0.4) is 0 Å². The molecule has 1 aromatic carbocycles. The maximum atomic E-state index is 5.50. The van der Waals surface area contributed by atoms with Crippen LogP contribution in [0.4, 0.5) is 0 Å². The lowest BCUT2D eigenvalue weighted by Gasteiger charge is -2.00. The van der Waals surface area contributed by atoms with Crippen LogP contribution in [-0.2, 0) is 6.42 Å². The molecule has 0 bridgehead atoms. The van der Waals surface area contributed by atoms with E-state index in [0.717, 1.165) is 16.5 Å². The Labute approximate surface area is 96.7 Å². The number of hydrogen-bond donors (Lipinski definition) is 0. The normalized spacial score (nSPS) is 10.6. The topological polar surface area (TPSA) is 38.9 Å². The van der Waals surface area contributed by atoms with Crippen LogP contribution in [0.2, 0.25) is 0 Å². The van der Waals surface area contributed by atoms with E-state index < -0.39 is 0 Å². The van der Waals surface area contributed by atoms with E-state index in [1.165, 1.54) is 5.56 Å². The minimum Gasteiger partial charge on any atom is -0.421 e. The zero-order valence-electron chi connectivity index (χ0n) is 8.62. The molecule has 2 rings (SSSR count). The van der Waals surface area contributed by atoms with Gasteiger partial charge in [-0.15, -0.1) is 10.2 Å². The number of hydrogen-bond acceptors (Lipinski definition) is 3. The summed E-state index contributed by atoms with van der Waals surface area (Å²) in [6.45, 7) is 4.02. The second kappa shape index (κ2) is 4.14. The first-order valence-corrected chi connectivity index (χ1v) is 5.59. The summed E-state index contributed by atoms with van der Waals surface area (Å²) in [5.41, 5.74) is 2.12. The lowest BCUT2D eigenvalue weighted by molar-refractivity contribution is 0.512. The molecule has 15 heavy (non-hydrogen) atoms. The van der Waals surface area contributed by atoms with E-state index in [0.29, 0.717) is 11.8 Å². The number of nitrogens with zero attached hydrogens (tertiary/aromatic N) is 2. The third kappa shape index (κ3) is 2.09. The Balaban J connectivity index is 2.48. The van der Waals surface area contributed by atoms with Gasteiger partial charge in [-0.1, -0.05) is 18.6 Å². The molecule has 0 unspecified atom stereocenters. The van der Waals surface area contributed by atoms with Crippen LogP contribution in [0.15, 0.2) is 27.1 Å². The maximum absolute atomic E-state index is 5.50. The Bertz CT molecular complexity index is 479. The Kier molecular flexibility index (Phi) is 2.86. The van der Waals surface area contributed by atoms with Gasteiger partial charge >= 0.3 is 0 Å². The summed E-state index contributed by atoms with van der Waals surface area (Å²) < 4.78 is 6.47. The Hall–Kier alpha value is -1.16. The van der Waals surface area contributed by atoms with E-state index >= 15 is 0 Å². The van der Waals surface area contributed by atoms with E-state index in [4.69, 9.17) is 4.42 Å². The average Bonchev–Trinajstić information content (AvgIpc) is 2.70. The van der Waals surface area contributed by atoms with Crippen molar-refractivity contribution in [3.05, 3.63) is 34.1 Å². The van der Waals surface area contributed by atoms with Crippen molar-refractivity contribution in [3.8, 4) is 11.5 Å². The Morgan fingerprint density at radius 1 is 1.33 bits per heavy atom. The lowest BCUT2D eigenvalue weighted by Crippen LogP contribution is -1.81. The van der Waals surface area contributed by atoms with Gasteiger partial charge in [-0.3, -0.25) is 0 Å². The summed E-state index contributed by atoms with van der Waals surface area (Å²) in [4.78, 5) is 0. The van der Waals surface area contributed by atoms with Gasteiger partial charge in [0.25, 0.3) is 0 Å². The molecule has 0 fully saturated rings. The summed E-state index contributed by atoms with van der Waals surface area (Å²) in [5, 5.41) is 7.96. The van der Waals surface area contributed by atoms with Crippen molar-refractivity contribution in [2.75, 3.05) is 0 Å². The zero-order valence-corrected chi connectivity index (χ0v) is 10.2. The monoisotopic (exact) mass is 266 g/mol. The molecule has 0 aliphatic heterocycles. The third-order valence-corrected chi connectivity index (χ3v) is 2.81. The molecule has 3 nitrogen and oxygen atoms in total. The van der Waals surface area contributed by atoms with Crippen molar-refractivity contribution >= 4 is 15.9 Å². The van der Waals surface area contributed by atoms with Crippen molar-refractivity contribution < 1.29 is 4.42 Å². The van der Waals surface area contributed by atoms with Crippen molar-refractivity contribution in [3.63, 3.8) is 0 Å². The van der Waals surface area contributed by atoms with Gasteiger partial charge in [-0.2, -0.15) is 0 Å². The number of aromatic nitrogens is 2. The summed E-state index contributed by atoms with van der Waals surface area (Å²) in [7, 11) is 0. The predicted octanol–water partition coefficient (Wildman–Crippen LogP) is 3.37. The maximum Gasteiger partial charge on any atom is 0.248 e. The Morgan fingerprint density at radius 2 is 2.13 bits per heavy atom. The minimum absolute atomic E-state index is 0.572. The summed E-state index contributed by atoms with van der Waals surface area (Å²) in [6, 6.07) is 6.04. The molecule has 0 saturated carbocycles. The molecule has 78 valence electrons. The number of rotatable bonds is 2. The van der Waals surface area contributed by atoms with E-state index in [9.17, 15) is 0 Å². The molecule has 0 radical (unpaired) electrons. The average molecular weight is 267 g/mol. The highest BCUT2D eigenvalue weighted by Gasteiger charge is 2.10. The van der Waals surface area contributed by atoms with Crippen LogP contribution < -0.4 is 0 Å². The van der Waals surface area contributed by atoms with Crippen LogP contribution in [-0.4, -0.2) is 10.2 Å². The molecule has 0 aliphatic carbocycles. The SMILES string of the molecule is CCc1nnc(-c2cc(C)ccc2Br)o1. The van der Waals surface area contributed by atoms with Gasteiger partial charge in [-0.05, 0) is 35.0 Å². The summed E-state index contributed by atoms with van der Waals surface area (Å²) >= 11 is 3.47. The van der Waals surface area contributed by atoms with Gasteiger partial charge in [-0.25, -0.2) is 0 Å². The summed E-state index contributed by atoms with van der Waals surface area (Å²) in [5.74, 6) is 1.24. The molecule has 0 spiro atoms. The molecule has 0 saturated heterocycles. The predicted molar refractivity (Wildman–Crippen MR) is 61.5 cm³/mol. The van der Waals surface area contributed by atoms with E-state index in [2.05, 4.69) is 26.1 Å². The van der Waals surface area contributed by atoms with E-state index in [-0.39, 0.29) is 0 Å². The quantitative estimate of drug-likeness (QED) is 0.837. The lowest BCUT2D eigenvalue weighted by atomic mass is 10.1. The molecule has 0 aliphatic rings. The van der Waals surface area contributed by atoms with Crippen molar-refractivity contribution in [2.45, 2.75) is 20.3 Å². The van der Waals surface area contributed by atoms with E-state index in [1.54, 1.807) is 0 Å². The van der Waals surface area contributed by atoms with Gasteiger partial charge in [0, 0.05) is 10.9 Å². The molecule has 1 aromatic heterocycles. The van der Waals surface area contributed by atoms with E-state index in [1.807, 2.05) is 32.0 Å². The largest absolute Gasteiger partial charge is 0.421 e.